The van der Waals surface area contributed by atoms with Crippen molar-refractivity contribution in [1.82, 2.24) is 14.8 Å². The summed E-state index contributed by atoms with van der Waals surface area (Å²) in [7, 11) is 7.16. The van der Waals surface area contributed by atoms with Gasteiger partial charge in [-0.25, -0.2) is 0 Å². The second kappa shape index (κ2) is 20.6. The van der Waals surface area contributed by atoms with E-state index in [1.807, 2.05) is 115 Å². The van der Waals surface area contributed by atoms with Crippen LogP contribution >= 0.6 is 0 Å². The molecule has 1 aromatic heterocycles. The van der Waals surface area contributed by atoms with Crippen molar-refractivity contribution in [1.29, 1.82) is 0 Å². The zero-order valence-corrected chi connectivity index (χ0v) is 43.2. The van der Waals surface area contributed by atoms with Crippen molar-refractivity contribution < 1.29 is 62.5 Å². The predicted molar refractivity (Wildman–Crippen MR) is 257 cm³/mol. The molecule has 5 saturated heterocycles. The number of para-hydroxylation sites is 1. The first-order valence-corrected chi connectivity index (χ1v) is 24.9. The van der Waals surface area contributed by atoms with Gasteiger partial charge in [-0.15, -0.1) is 0 Å². The van der Waals surface area contributed by atoms with Crippen molar-refractivity contribution in [2.45, 2.75) is 179 Å². The fraction of sp³-hybridized carbons (Fsp3) is 0.736. The highest BCUT2D eigenvalue weighted by molar-refractivity contribution is 5.91. The van der Waals surface area contributed by atoms with Gasteiger partial charge in [0.05, 0.1) is 53.7 Å². The van der Waals surface area contributed by atoms with E-state index in [1.165, 1.54) is 7.11 Å². The Balaban J connectivity index is 1.37. The second-order valence-electron chi connectivity index (χ2n) is 22.0. The van der Waals surface area contributed by atoms with Gasteiger partial charge in [0.1, 0.15) is 30.1 Å². The molecule has 69 heavy (non-hydrogen) atoms. The molecule has 16 heteroatoms. The van der Waals surface area contributed by atoms with Crippen LogP contribution in [0.4, 0.5) is 0 Å². The fourth-order valence-corrected chi connectivity index (χ4v) is 12.8. The molecule has 0 saturated carbocycles. The SMILES string of the molecule is CC[C@H]1OC(=O)[C@H](C)C(O[C@H]2C[C@@](C)(OC)[C@@H](O)[C@H](C)O2)[C@@H](C)[C@@H](O[C@@H]2O[C@H](C)C[C@H](N(C)C)[C@H]2O)[C@@](C)(OC/C=C/c2cnc3ccccc3c2)C[C@@H](C)C(=O)[C@]2(C)CN(C)[C@H]3C(=O)O[C@@]1(C)[C@H]32. The largest absolute Gasteiger partial charge is 0.458 e. The highest BCUT2D eigenvalue weighted by Crippen LogP contribution is 2.56. The Hall–Kier alpha value is -3.42. The minimum atomic E-state index is -1.36. The van der Waals surface area contributed by atoms with Crippen molar-refractivity contribution in [3.63, 3.8) is 0 Å². The minimum absolute atomic E-state index is 0.0708. The highest BCUT2D eigenvalue weighted by atomic mass is 16.7. The summed E-state index contributed by atoms with van der Waals surface area (Å²) in [6.07, 6.45) is -1.48. The lowest BCUT2D eigenvalue weighted by atomic mass is 9.62. The van der Waals surface area contributed by atoms with Crippen LogP contribution in [-0.2, 0) is 52.3 Å². The Labute approximate surface area is 408 Å². The van der Waals surface area contributed by atoms with Crippen LogP contribution in [0.3, 0.4) is 0 Å². The molecule has 6 heterocycles. The molecule has 1 unspecified atom stereocenters. The molecular formula is C53H79N3O13. The number of carbonyl (C=O) groups excluding carboxylic acids is 3. The summed E-state index contributed by atoms with van der Waals surface area (Å²) >= 11 is 0. The number of aliphatic hydroxyl groups is 2. The molecule has 2 aromatic rings. The number of aromatic nitrogens is 1. The molecular weight excluding hydrogens is 887 g/mol. The molecule has 0 aliphatic carbocycles. The van der Waals surface area contributed by atoms with Crippen molar-refractivity contribution in [3.05, 3.63) is 48.2 Å². The van der Waals surface area contributed by atoms with Gasteiger partial charge >= 0.3 is 11.9 Å². The van der Waals surface area contributed by atoms with Crippen LogP contribution in [-0.4, -0.2) is 168 Å². The van der Waals surface area contributed by atoms with Crippen molar-refractivity contribution in [2.75, 3.05) is 41.4 Å². The number of benzene rings is 1. The van der Waals surface area contributed by atoms with E-state index in [9.17, 15) is 15.0 Å². The summed E-state index contributed by atoms with van der Waals surface area (Å²) in [6, 6.07) is 8.86. The van der Waals surface area contributed by atoms with Crippen LogP contribution in [0.15, 0.2) is 42.6 Å². The molecule has 5 fully saturated rings. The van der Waals surface area contributed by atoms with Gasteiger partial charge < -0.3 is 53.0 Å². The molecule has 7 rings (SSSR count). The third-order valence-electron chi connectivity index (χ3n) is 16.5. The van der Waals surface area contributed by atoms with Crippen LogP contribution in [0.5, 0.6) is 0 Å². The van der Waals surface area contributed by atoms with E-state index in [2.05, 4.69) is 4.98 Å². The lowest BCUT2D eigenvalue weighted by Crippen LogP contribution is -2.61. The molecule has 0 spiro atoms. The number of cyclic esters (lactones) is 1. The number of hydrogen-bond acceptors (Lipinski definition) is 16. The zero-order chi connectivity index (χ0) is 50.5. The maximum Gasteiger partial charge on any atom is 0.324 e. The first-order chi connectivity index (χ1) is 32.4. The first kappa shape index (κ1) is 53.4. The van der Waals surface area contributed by atoms with Gasteiger partial charge in [0, 0.05) is 60.9 Å². The Kier molecular flexibility index (Phi) is 15.9. The standard InChI is InChI=1S/C53H79N3O13/c1-15-38-53(10)43-40(48(61)69-53)56(13)28-50(43,7)44(58)29(2)25-52(9,63-22-18-19-34-24-35-20-16-17-21-36(35)54-27-34)46(68-49-41(57)37(55(11)12)23-30(3)64-49)31(4)42(32(5)47(60)66-38)67-39-26-51(8,62-14)45(59)33(6)65-39/h16-21,24,27,29-33,37-43,45-46,49,57,59H,15,22-23,25-26,28H2,1-14H3/b19-18+/t29-,30-,31-,32-,33+,37+,38-,39+,40-,41-,42?,43-,45+,46-,49+,50-,51-,52+,53-/m1/s1. The molecule has 384 valence electrons. The van der Waals surface area contributed by atoms with Crippen LogP contribution in [0.1, 0.15) is 100 Å². The topological polar surface area (TPSA) is 185 Å². The van der Waals surface area contributed by atoms with Gasteiger partial charge in [-0.05, 0) is 99.6 Å². The van der Waals surface area contributed by atoms with Crippen LogP contribution < -0.4 is 0 Å². The summed E-state index contributed by atoms with van der Waals surface area (Å²) < 4.78 is 52.8. The van der Waals surface area contributed by atoms with E-state index < -0.39 is 113 Å². The molecule has 0 amide bonds. The van der Waals surface area contributed by atoms with Gasteiger partial charge in [-0.1, -0.05) is 58.0 Å². The summed E-state index contributed by atoms with van der Waals surface area (Å²) in [5.74, 6) is -4.30. The van der Waals surface area contributed by atoms with Crippen molar-refractivity contribution in [2.24, 2.45) is 29.1 Å². The normalized spacial score (nSPS) is 43.8. The maximum atomic E-state index is 15.6. The molecule has 2 N–H and O–H groups in total. The molecule has 19 atom stereocenters. The van der Waals surface area contributed by atoms with E-state index in [0.29, 0.717) is 12.8 Å². The number of methoxy groups -OCH3 is 1. The number of fused-ring (bicyclic) bond motifs is 1. The molecule has 1 aromatic carbocycles. The average Bonchev–Trinajstić information content (AvgIpc) is 3.76. The lowest BCUT2D eigenvalue weighted by molar-refractivity contribution is -0.320. The molecule has 5 aliphatic heterocycles. The number of ketones is 1. The van der Waals surface area contributed by atoms with Crippen LogP contribution in [0.2, 0.25) is 0 Å². The third kappa shape index (κ3) is 10.2. The second-order valence-corrected chi connectivity index (χ2v) is 22.0. The number of rotatable bonds is 11. The number of ether oxygens (including phenoxy) is 8. The minimum Gasteiger partial charge on any atom is -0.458 e. The number of pyridine rings is 1. The number of hydrogen-bond donors (Lipinski definition) is 2. The molecule has 0 bridgehead atoms. The van der Waals surface area contributed by atoms with Gasteiger partial charge in [0.25, 0.3) is 0 Å². The Bertz CT molecular complexity index is 2190. The van der Waals surface area contributed by atoms with Crippen molar-refractivity contribution in [3.8, 4) is 0 Å². The summed E-state index contributed by atoms with van der Waals surface area (Å²) in [5, 5.41) is 24.3. The van der Waals surface area contributed by atoms with Gasteiger partial charge in [-0.2, -0.15) is 0 Å². The average molecular weight is 966 g/mol. The zero-order valence-electron chi connectivity index (χ0n) is 43.2. The lowest BCUT2D eigenvalue weighted by Gasteiger charge is -2.50. The predicted octanol–water partition coefficient (Wildman–Crippen LogP) is 5.58. The molecule has 16 nitrogen and oxygen atoms in total. The Morgan fingerprint density at radius 3 is 2.35 bits per heavy atom. The van der Waals surface area contributed by atoms with Crippen LogP contribution in [0.25, 0.3) is 17.0 Å². The van der Waals surface area contributed by atoms with Gasteiger partial charge in [0.2, 0.25) is 0 Å². The number of esters is 2. The Morgan fingerprint density at radius 2 is 1.67 bits per heavy atom. The molecule has 0 radical (unpaired) electrons. The smallest absolute Gasteiger partial charge is 0.324 e. The number of likely N-dealkylation sites (tertiary alicyclic amines) is 1. The quantitative estimate of drug-likeness (QED) is 0.266. The fourth-order valence-electron chi connectivity index (χ4n) is 12.8. The third-order valence-corrected chi connectivity index (χ3v) is 16.5. The Morgan fingerprint density at radius 1 is 0.957 bits per heavy atom. The summed E-state index contributed by atoms with van der Waals surface area (Å²) in [6.45, 7) is 18.8. The summed E-state index contributed by atoms with van der Waals surface area (Å²) in [5.41, 5.74) is -3.14. The van der Waals surface area contributed by atoms with E-state index in [4.69, 9.17) is 37.9 Å². The van der Waals surface area contributed by atoms with Gasteiger partial charge in [0.15, 0.2) is 18.2 Å². The number of nitrogens with zero attached hydrogens (tertiary/aromatic N) is 3. The number of aliphatic hydroxyl groups excluding tert-OH is 2. The monoisotopic (exact) mass is 966 g/mol. The van der Waals surface area contributed by atoms with Crippen LogP contribution in [0, 0.1) is 29.1 Å². The number of Topliss-reactive ketones (excluding diaryl/α,β-unsaturated/α-hetero) is 1. The van der Waals surface area contributed by atoms with Crippen molar-refractivity contribution >= 4 is 34.7 Å². The van der Waals surface area contributed by atoms with E-state index in [1.54, 1.807) is 33.9 Å². The first-order valence-electron chi connectivity index (χ1n) is 24.9. The highest BCUT2D eigenvalue weighted by Gasteiger charge is 2.71. The van der Waals surface area contributed by atoms with E-state index >= 15 is 9.59 Å². The van der Waals surface area contributed by atoms with E-state index in [0.717, 1.165) is 16.5 Å². The summed E-state index contributed by atoms with van der Waals surface area (Å²) in [4.78, 5) is 53.0. The van der Waals surface area contributed by atoms with E-state index in [-0.39, 0.29) is 43.9 Å². The maximum absolute atomic E-state index is 15.6. The van der Waals surface area contributed by atoms with Gasteiger partial charge in [-0.3, -0.25) is 24.3 Å². The number of carbonyl (C=O) groups is 3. The molecule has 5 aliphatic rings. The number of likely N-dealkylation sites (N-methyl/N-ethyl adjacent to an activating group) is 2.